The maximum Gasteiger partial charge on any atom is 0.306 e. The lowest BCUT2D eigenvalue weighted by atomic mass is 10.1. The molecule has 0 N–H and O–H groups in total. The molecule has 1 atom stereocenters. The van der Waals surface area contributed by atoms with Crippen LogP contribution < -0.4 is 0 Å². The number of hydrogen-bond donors (Lipinski definition) is 0. The van der Waals surface area contributed by atoms with Crippen LogP contribution in [-0.2, 0) is 28.6 Å². The Morgan fingerprint density at radius 1 is 0.273 bits per heavy atom. The van der Waals surface area contributed by atoms with Crippen LogP contribution in [0.1, 0.15) is 265 Å². The third-order valence-corrected chi connectivity index (χ3v) is 12.8. The summed E-state index contributed by atoms with van der Waals surface area (Å²) in [5.74, 6) is -0.963. The molecular formula is C71H114O6. The molecule has 0 aliphatic heterocycles. The monoisotopic (exact) mass is 1060 g/mol. The largest absolute Gasteiger partial charge is 0.462 e. The van der Waals surface area contributed by atoms with Gasteiger partial charge in [0.25, 0.3) is 0 Å². The Bertz CT molecular complexity index is 1700. The lowest BCUT2D eigenvalue weighted by molar-refractivity contribution is -0.167. The maximum absolute atomic E-state index is 12.8. The molecule has 0 aromatic heterocycles. The van der Waals surface area contributed by atoms with E-state index in [1.807, 2.05) is 0 Å². The second-order valence-electron chi connectivity index (χ2n) is 20.2. The predicted octanol–water partition coefficient (Wildman–Crippen LogP) is 21.5. The molecule has 0 aromatic rings. The zero-order valence-electron chi connectivity index (χ0n) is 49.7. The summed E-state index contributed by atoms with van der Waals surface area (Å²) >= 11 is 0. The normalized spacial score (nSPS) is 13.1. The van der Waals surface area contributed by atoms with Gasteiger partial charge in [0.05, 0.1) is 0 Å². The molecule has 6 heteroatoms. The Morgan fingerprint density at radius 2 is 0.506 bits per heavy atom. The minimum Gasteiger partial charge on any atom is -0.462 e. The molecule has 0 saturated carbocycles. The van der Waals surface area contributed by atoms with Crippen molar-refractivity contribution in [2.45, 2.75) is 271 Å². The first-order valence-electron chi connectivity index (χ1n) is 31.3. The van der Waals surface area contributed by atoms with Crippen molar-refractivity contribution in [3.05, 3.63) is 146 Å². The summed E-state index contributed by atoms with van der Waals surface area (Å²) in [4.78, 5) is 38.1. The molecule has 0 fully saturated rings. The van der Waals surface area contributed by atoms with Crippen molar-refractivity contribution in [3.8, 4) is 0 Å². The fourth-order valence-electron chi connectivity index (χ4n) is 8.15. The summed E-state index contributed by atoms with van der Waals surface area (Å²) in [5, 5.41) is 0. The van der Waals surface area contributed by atoms with Crippen molar-refractivity contribution < 1.29 is 28.6 Å². The SMILES string of the molecule is CC/C=C\C/C=C\C/C=C\C/C=C\C/C=C\C/C=C\C/C=C\C/C=C\C/C=C\C/C=C\CCCCC(=O)OCC(COC(=O)CCCCCCCCCCCCC)OC(=O)CCCCCCC/C=C\C/C=C\CCCCC. The smallest absolute Gasteiger partial charge is 0.306 e. The lowest BCUT2D eigenvalue weighted by Gasteiger charge is -2.18. The quantitative estimate of drug-likeness (QED) is 0.0261. The molecule has 1 unspecified atom stereocenters. The zero-order chi connectivity index (χ0) is 55.7. The molecular weight excluding hydrogens is 949 g/mol. The second kappa shape index (κ2) is 63.8. The number of carbonyl (C=O) groups is 3. The van der Waals surface area contributed by atoms with Gasteiger partial charge in [-0.3, -0.25) is 14.4 Å². The van der Waals surface area contributed by atoms with E-state index in [-0.39, 0.29) is 31.1 Å². The van der Waals surface area contributed by atoms with Crippen molar-refractivity contribution in [2.24, 2.45) is 0 Å². The number of ether oxygens (including phenoxy) is 3. The summed E-state index contributed by atoms with van der Waals surface area (Å²) in [7, 11) is 0. The molecule has 0 saturated heterocycles. The number of esters is 3. The van der Waals surface area contributed by atoms with Crippen LogP contribution in [0.15, 0.2) is 146 Å². The van der Waals surface area contributed by atoms with E-state index in [0.29, 0.717) is 25.7 Å². The first-order chi connectivity index (χ1) is 38.0. The maximum atomic E-state index is 12.8. The minimum atomic E-state index is -0.807. The van der Waals surface area contributed by atoms with Gasteiger partial charge in [0.1, 0.15) is 13.2 Å². The Morgan fingerprint density at radius 3 is 0.844 bits per heavy atom. The van der Waals surface area contributed by atoms with Crippen LogP contribution in [-0.4, -0.2) is 37.2 Å². The molecule has 0 aromatic carbocycles. The molecule has 0 radical (unpaired) electrons. The number of allylic oxidation sites excluding steroid dienone is 24. The molecule has 0 bridgehead atoms. The van der Waals surface area contributed by atoms with Crippen LogP contribution in [0.3, 0.4) is 0 Å². The van der Waals surface area contributed by atoms with Crippen molar-refractivity contribution in [1.29, 1.82) is 0 Å². The Balaban J connectivity index is 4.36. The summed E-state index contributed by atoms with van der Waals surface area (Å²) in [6.07, 6.45) is 91.4. The summed E-state index contributed by atoms with van der Waals surface area (Å²) < 4.78 is 16.8. The molecule has 77 heavy (non-hydrogen) atoms. The van der Waals surface area contributed by atoms with Gasteiger partial charge in [-0.25, -0.2) is 0 Å². The fourth-order valence-corrected chi connectivity index (χ4v) is 8.15. The van der Waals surface area contributed by atoms with Crippen molar-refractivity contribution in [2.75, 3.05) is 13.2 Å². The van der Waals surface area contributed by atoms with E-state index in [1.165, 1.54) is 77.0 Å². The van der Waals surface area contributed by atoms with Crippen LogP contribution in [0.4, 0.5) is 0 Å². The molecule has 0 spiro atoms. The van der Waals surface area contributed by atoms with Crippen LogP contribution in [0.5, 0.6) is 0 Å². The number of rotatable bonds is 55. The molecule has 0 rings (SSSR count). The molecule has 6 nitrogen and oxygen atoms in total. The highest BCUT2D eigenvalue weighted by Crippen LogP contribution is 2.14. The van der Waals surface area contributed by atoms with E-state index in [0.717, 1.165) is 141 Å². The Hall–Kier alpha value is -4.71. The zero-order valence-corrected chi connectivity index (χ0v) is 49.7. The standard InChI is InChI=1S/C71H114O6/c1-4-7-10-13-16-19-22-24-26-27-28-29-30-31-32-33-34-35-36-37-38-39-40-41-42-43-45-46-49-52-55-58-61-64-70(73)76-67-68(66-75-69(72)63-60-57-54-51-48-21-18-15-12-9-6-3)77-71(74)65-62-59-56-53-50-47-44-25-23-20-17-14-11-8-5-2/h7,10,16-17,19-20,24-26,28-29,31-32,34-35,37-38,40-41,43-45,49,52,68H,4-6,8-9,11-15,18,21-23,27,30,33,36,39,42,46-48,50-51,53-67H2,1-3H3/b10-7-,19-16-,20-17-,26-24-,29-28-,32-31-,35-34-,38-37-,41-40-,44-25-,45-43-,52-49-. The van der Waals surface area contributed by atoms with E-state index in [4.69, 9.17) is 14.2 Å². The topological polar surface area (TPSA) is 78.9 Å². The Kier molecular flexibility index (Phi) is 59.9. The number of carbonyl (C=O) groups excluding carboxylic acids is 3. The van der Waals surface area contributed by atoms with Gasteiger partial charge in [0.2, 0.25) is 0 Å². The van der Waals surface area contributed by atoms with E-state index < -0.39 is 6.10 Å². The van der Waals surface area contributed by atoms with Crippen molar-refractivity contribution in [1.82, 2.24) is 0 Å². The summed E-state index contributed by atoms with van der Waals surface area (Å²) in [6, 6.07) is 0. The lowest BCUT2D eigenvalue weighted by Crippen LogP contribution is -2.30. The minimum absolute atomic E-state index is 0.1000. The summed E-state index contributed by atoms with van der Waals surface area (Å²) in [6.45, 7) is 6.44. The van der Waals surface area contributed by atoms with Crippen molar-refractivity contribution >= 4 is 17.9 Å². The van der Waals surface area contributed by atoms with Crippen LogP contribution >= 0.6 is 0 Å². The van der Waals surface area contributed by atoms with Gasteiger partial charge in [-0.15, -0.1) is 0 Å². The van der Waals surface area contributed by atoms with Crippen LogP contribution in [0.25, 0.3) is 0 Å². The van der Waals surface area contributed by atoms with E-state index in [9.17, 15) is 14.4 Å². The van der Waals surface area contributed by atoms with Gasteiger partial charge < -0.3 is 14.2 Å². The average Bonchev–Trinajstić information content (AvgIpc) is 3.43. The van der Waals surface area contributed by atoms with E-state index >= 15 is 0 Å². The van der Waals surface area contributed by atoms with E-state index in [1.54, 1.807) is 0 Å². The van der Waals surface area contributed by atoms with E-state index in [2.05, 4.69) is 167 Å². The molecule has 0 aliphatic rings. The highest BCUT2D eigenvalue weighted by Gasteiger charge is 2.19. The fraction of sp³-hybridized carbons (Fsp3) is 0.620. The second-order valence-corrected chi connectivity index (χ2v) is 20.2. The highest BCUT2D eigenvalue weighted by atomic mass is 16.6. The van der Waals surface area contributed by atoms with Gasteiger partial charge >= 0.3 is 17.9 Å². The summed E-state index contributed by atoms with van der Waals surface area (Å²) in [5.41, 5.74) is 0. The third kappa shape index (κ3) is 62.0. The third-order valence-electron chi connectivity index (χ3n) is 12.8. The van der Waals surface area contributed by atoms with Gasteiger partial charge in [-0.2, -0.15) is 0 Å². The highest BCUT2D eigenvalue weighted by molar-refractivity contribution is 5.71. The van der Waals surface area contributed by atoms with Gasteiger partial charge in [0, 0.05) is 19.3 Å². The number of unbranched alkanes of at least 4 members (excludes halogenated alkanes) is 20. The Labute approximate surface area is 474 Å². The number of hydrogen-bond acceptors (Lipinski definition) is 6. The average molecular weight is 1060 g/mol. The van der Waals surface area contributed by atoms with Crippen LogP contribution in [0, 0.1) is 0 Å². The predicted molar refractivity (Wildman–Crippen MR) is 334 cm³/mol. The van der Waals surface area contributed by atoms with Gasteiger partial charge in [0.15, 0.2) is 6.10 Å². The molecule has 0 amide bonds. The molecule has 0 heterocycles. The first kappa shape index (κ1) is 72.3. The van der Waals surface area contributed by atoms with Gasteiger partial charge in [-0.05, 0) is 128 Å². The van der Waals surface area contributed by atoms with Crippen LogP contribution in [0.2, 0.25) is 0 Å². The molecule has 0 aliphatic carbocycles. The molecule has 434 valence electrons. The first-order valence-corrected chi connectivity index (χ1v) is 31.3. The van der Waals surface area contributed by atoms with Gasteiger partial charge in [-0.1, -0.05) is 263 Å². The van der Waals surface area contributed by atoms with Crippen molar-refractivity contribution in [3.63, 3.8) is 0 Å².